The fourth-order valence-electron chi connectivity index (χ4n) is 1.27. The van der Waals surface area contributed by atoms with Gasteiger partial charge in [-0.05, 0) is 6.07 Å². The lowest BCUT2D eigenvalue weighted by atomic mass is 10.1. The number of carboxylic acid groups (broad SMARTS) is 1. The Hall–Kier alpha value is -1.86. The summed E-state index contributed by atoms with van der Waals surface area (Å²) in [6.45, 7) is 1.31. The molecule has 0 aromatic heterocycles. The fraction of sp³-hybridized carbons (Fsp3) is 0.273. The van der Waals surface area contributed by atoms with Crippen molar-refractivity contribution < 1.29 is 19.6 Å². The highest BCUT2D eigenvalue weighted by atomic mass is 35.5. The Morgan fingerprint density at radius 3 is 2.55 bits per heavy atom. The number of nitro groups is 1. The van der Waals surface area contributed by atoms with E-state index in [0.29, 0.717) is 0 Å². The second-order valence-electron chi connectivity index (χ2n) is 4.00. The lowest BCUT2D eigenvalue weighted by Crippen LogP contribution is -2.31. The maximum absolute atomic E-state index is 11.8. The third-order valence-electron chi connectivity index (χ3n) is 2.46. The minimum absolute atomic E-state index is 0.0660. The van der Waals surface area contributed by atoms with Gasteiger partial charge in [-0.1, -0.05) is 30.1 Å². The van der Waals surface area contributed by atoms with Gasteiger partial charge in [0.05, 0.1) is 15.9 Å². The van der Waals surface area contributed by atoms with Crippen LogP contribution in [0.15, 0.2) is 12.1 Å². The number of halogens is 2. The molecule has 0 aliphatic heterocycles. The van der Waals surface area contributed by atoms with Crippen molar-refractivity contribution >= 4 is 40.8 Å². The average Bonchev–Trinajstić information content (AvgIpc) is 2.37. The van der Waals surface area contributed by atoms with Crippen LogP contribution in [0.5, 0.6) is 0 Å². The molecule has 1 rings (SSSR count). The number of carbonyl (C=O) groups is 2. The second kappa shape index (κ2) is 6.53. The Kier molecular flexibility index (Phi) is 5.29. The summed E-state index contributed by atoms with van der Waals surface area (Å²) in [6, 6.07) is 2.16. The molecular formula is C11H10Cl2N2O5. The molecule has 0 radical (unpaired) electrons. The number of aliphatic carboxylic acids is 1. The molecular weight excluding hydrogens is 311 g/mol. The van der Waals surface area contributed by atoms with Gasteiger partial charge < -0.3 is 10.4 Å². The van der Waals surface area contributed by atoms with Crippen molar-refractivity contribution in [1.29, 1.82) is 0 Å². The number of nitrogens with one attached hydrogen (secondary N) is 1. The summed E-state index contributed by atoms with van der Waals surface area (Å²) in [6.07, 6.45) is 0. The maximum atomic E-state index is 11.8. The Morgan fingerprint density at radius 2 is 2.05 bits per heavy atom. The van der Waals surface area contributed by atoms with Gasteiger partial charge in [0.15, 0.2) is 0 Å². The summed E-state index contributed by atoms with van der Waals surface area (Å²) in [4.78, 5) is 32.4. The molecule has 1 unspecified atom stereocenters. The van der Waals surface area contributed by atoms with E-state index in [1.54, 1.807) is 0 Å². The number of rotatable bonds is 5. The van der Waals surface area contributed by atoms with Gasteiger partial charge in [0.2, 0.25) is 0 Å². The summed E-state index contributed by atoms with van der Waals surface area (Å²) >= 11 is 11.4. The lowest BCUT2D eigenvalue weighted by molar-refractivity contribution is -0.384. The Bertz CT molecular complexity index is 576. The van der Waals surface area contributed by atoms with Crippen LogP contribution in [0.2, 0.25) is 10.0 Å². The topological polar surface area (TPSA) is 110 Å². The van der Waals surface area contributed by atoms with Crippen molar-refractivity contribution in [3.8, 4) is 0 Å². The van der Waals surface area contributed by atoms with Gasteiger partial charge >= 0.3 is 5.97 Å². The Balaban J connectivity index is 2.94. The Morgan fingerprint density at radius 1 is 1.45 bits per heavy atom. The zero-order chi connectivity index (χ0) is 15.4. The van der Waals surface area contributed by atoms with Crippen LogP contribution in [0.25, 0.3) is 0 Å². The zero-order valence-corrected chi connectivity index (χ0v) is 11.7. The first-order valence-corrected chi connectivity index (χ1v) is 6.14. The van der Waals surface area contributed by atoms with E-state index in [4.69, 9.17) is 28.3 Å². The second-order valence-corrected chi connectivity index (χ2v) is 4.78. The molecule has 20 heavy (non-hydrogen) atoms. The van der Waals surface area contributed by atoms with E-state index < -0.39 is 28.4 Å². The first kappa shape index (κ1) is 16.2. The van der Waals surface area contributed by atoms with Gasteiger partial charge in [-0.15, -0.1) is 0 Å². The number of amides is 1. The van der Waals surface area contributed by atoms with E-state index in [1.165, 1.54) is 13.0 Å². The molecule has 108 valence electrons. The minimum atomic E-state index is -1.06. The van der Waals surface area contributed by atoms with Crippen molar-refractivity contribution in [1.82, 2.24) is 5.32 Å². The summed E-state index contributed by atoms with van der Waals surface area (Å²) in [5, 5.41) is 21.4. The van der Waals surface area contributed by atoms with Crippen LogP contribution in [0.4, 0.5) is 5.69 Å². The SMILES string of the molecule is CC(CNC(=O)c1cc(Cl)c(Cl)c([N+](=O)[O-])c1)C(=O)O. The van der Waals surface area contributed by atoms with Gasteiger partial charge in [0.1, 0.15) is 5.02 Å². The number of carbonyl (C=O) groups excluding carboxylic acids is 1. The molecule has 1 aromatic rings. The summed E-state index contributed by atoms with van der Waals surface area (Å²) < 4.78 is 0. The van der Waals surface area contributed by atoms with Crippen LogP contribution >= 0.6 is 23.2 Å². The third kappa shape index (κ3) is 3.82. The molecule has 0 spiro atoms. The van der Waals surface area contributed by atoms with Crippen molar-refractivity contribution in [3.63, 3.8) is 0 Å². The molecule has 1 aromatic carbocycles. The van der Waals surface area contributed by atoms with Gasteiger partial charge in [0, 0.05) is 18.2 Å². The van der Waals surface area contributed by atoms with Gasteiger partial charge in [-0.3, -0.25) is 19.7 Å². The smallest absolute Gasteiger partial charge is 0.308 e. The van der Waals surface area contributed by atoms with Crippen LogP contribution in [0, 0.1) is 16.0 Å². The molecule has 0 fully saturated rings. The number of benzene rings is 1. The molecule has 0 heterocycles. The molecule has 9 heteroatoms. The van der Waals surface area contributed by atoms with Crippen LogP contribution < -0.4 is 5.32 Å². The highest BCUT2D eigenvalue weighted by Crippen LogP contribution is 2.32. The molecule has 2 N–H and O–H groups in total. The number of nitro benzene ring substituents is 1. The van der Waals surface area contributed by atoms with Crippen molar-refractivity contribution in [2.75, 3.05) is 6.54 Å². The average molecular weight is 321 g/mol. The van der Waals surface area contributed by atoms with E-state index >= 15 is 0 Å². The van der Waals surface area contributed by atoms with Crippen LogP contribution in [0.3, 0.4) is 0 Å². The van der Waals surface area contributed by atoms with E-state index in [0.717, 1.165) is 6.07 Å². The number of hydrogen-bond donors (Lipinski definition) is 2. The van der Waals surface area contributed by atoms with Crippen LogP contribution in [0.1, 0.15) is 17.3 Å². The molecule has 0 aliphatic carbocycles. The van der Waals surface area contributed by atoms with E-state index in [2.05, 4.69) is 5.32 Å². The van der Waals surface area contributed by atoms with Gasteiger partial charge in [0.25, 0.3) is 11.6 Å². The summed E-state index contributed by atoms with van der Waals surface area (Å²) in [7, 11) is 0. The number of carboxylic acids is 1. The van der Waals surface area contributed by atoms with E-state index in [1.807, 2.05) is 0 Å². The monoisotopic (exact) mass is 320 g/mol. The summed E-state index contributed by atoms with van der Waals surface area (Å²) in [5.74, 6) is -2.51. The first-order valence-electron chi connectivity index (χ1n) is 5.38. The summed E-state index contributed by atoms with van der Waals surface area (Å²) in [5.41, 5.74) is -0.556. The normalized spacial score (nSPS) is 11.8. The first-order chi connectivity index (χ1) is 9.23. The Labute approximate surface area is 123 Å². The van der Waals surface area contributed by atoms with Crippen molar-refractivity contribution in [3.05, 3.63) is 37.9 Å². The van der Waals surface area contributed by atoms with Crippen molar-refractivity contribution in [2.24, 2.45) is 5.92 Å². The molecule has 1 atom stereocenters. The fourth-order valence-corrected chi connectivity index (χ4v) is 1.67. The predicted octanol–water partition coefficient (Wildman–Crippen LogP) is 2.35. The maximum Gasteiger partial charge on any atom is 0.308 e. The van der Waals surface area contributed by atoms with Crippen LogP contribution in [-0.2, 0) is 4.79 Å². The molecule has 0 bridgehead atoms. The molecule has 7 nitrogen and oxygen atoms in total. The van der Waals surface area contributed by atoms with E-state index in [9.17, 15) is 19.7 Å². The quantitative estimate of drug-likeness (QED) is 0.639. The van der Waals surface area contributed by atoms with E-state index in [-0.39, 0.29) is 22.2 Å². The highest BCUT2D eigenvalue weighted by molar-refractivity contribution is 6.43. The zero-order valence-electron chi connectivity index (χ0n) is 10.2. The molecule has 0 aliphatic rings. The lowest BCUT2D eigenvalue weighted by Gasteiger charge is -2.09. The van der Waals surface area contributed by atoms with Crippen LogP contribution in [-0.4, -0.2) is 28.5 Å². The minimum Gasteiger partial charge on any atom is -0.481 e. The third-order valence-corrected chi connectivity index (χ3v) is 3.25. The highest BCUT2D eigenvalue weighted by Gasteiger charge is 2.20. The molecule has 0 saturated heterocycles. The molecule has 0 saturated carbocycles. The number of nitrogens with zero attached hydrogens (tertiary/aromatic N) is 1. The molecule has 1 amide bonds. The standard InChI is InChI=1S/C11H10Cl2N2O5/c1-5(11(17)18)4-14-10(16)6-2-7(12)9(13)8(3-6)15(19)20/h2-3,5H,4H2,1H3,(H,14,16)(H,17,18). The van der Waals surface area contributed by atoms with Gasteiger partial charge in [-0.2, -0.15) is 0 Å². The number of hydrogen-bond acceptors (Lipinski definition) is 4. The van der Waals surface area contributed by atoms with Crippen molar-refractivity contribution in [2.45, 2.75) is 6.92 Å². The van der Waals surface area contributed by atoms with Gasteiger partial charge in [-0.25, -0.2) is 0 Å². The predicted molar refractivity (Wildman–Crippen MR) is 72.2 cm³/mol. The largest absolute Gasteiger partial charge is 0.481 e.